The summed E-state index contributed by atoms with van der Waals surface area (Å²) in [5, 5.41) is 2.88. The van der Waals surface area contributed by atoms with Crippen molar-refractivity contribution in [3.63, 3.8) is 0 Å². The van der Waals surface area contributed by atoms with Crippen LogP contribution < -0.4 is 15.8 Å². The Morgan fingerprint density at radius 2 is 2.05 bits per heavy atom. The normalized spacial score (nSPS) is 10.5. The number of nitrogens with zero attached hydrogens (tertiary/aromatic N) is 1. The number of amides is 1. The number of rotatable bonds is 7. The highest BCUT2D eigenvalue weighted by Crippen LogP contribution is 2.20. The lowest BCUT2D eigenvalue weighted by atomic mass is 10.1. The molecule has 0 bridgehead atoms. The molecule has 106 valence electrons. The van der Waals surface area contributed by atoms with Gasteiger partial charge in [-0.3, -0.25) is 4.79 Å². The average molecular weight is 265 g/mol. The molecule has 0 atom stereocenters. The Hall–Kier alpha value is -1.75. The summed E-state index contributed by atoms with van der Waals surface area (Å²) in [7, 11) is 1.54. The number of ether oxygens (including phenoxy) is 1. The minimum atomic E-state index is -0.156. The van der Waals surface area contributed by atoms with Gasteiger partial charge in [-0.05, 0) is 31.3 Å². The molecule has 0 aromatic heterocycles. The maximum absolute atomic E-state index is 12.1. The minimum absolute atomic E-state index is 0.156. The number of hydrogen-bond donors (Lipinski definition) is 2. The molecule has 0 aliphatic heterocycles. The van der Waals surface area contributed by atoms with Gasteiger partial charge in [-0.25, -0.2) is 0 Å². The van der Waals surface area contributed by atoms with Crippen LogP contribution in [0.4, 0.5) is 5.69 Å². The highest BCUT2D eigenvalue weighted by molar-refractivity contribution is 5.97. The first-order valence-corrected chi connectivity index (χ1v) is 6.56. The summed E-state index contributed by atoms with van der Waals surface area (Å²) in [5.74, 6) is 0.380. The fourth-order valence-electron chi connectivity index (χ4n) is 1.87. The van der Waals surface area contributed by atoms with Gasteiger partial charge in [0, 0.05) is 18.8 Å². The number of nitrogens with one attached hydrogen (secondary N) is 1. The Balaban J connectivity index is 2.60. The van der Waals surface area contributed by atoms with Crippen molar-refractivity contribution in [1.82, 2.24) is 10.2 Å². The third-order valence-electron chi connectivity index (χ3n) is 3.08. The first kappa shape index (κ1) is 15.3. The molecule has 0 fully saturated rings. The zero-order valence-electron chi connectivity index (χ0n) is 11.9. The molecule has 0 spiro atoms. The fraction of sp³-hybridized carbons (Fsp3) is 0.500. The van der Waals surface area contributed by atoms with Crippen LogP contribution in [0.5, 0.6) is 5.75 Å². The van der Waals surface area contributed by atoms with E-state index in [1.165, 1.54) is 7.11 Å². The van der Waals surface area contributed by atoms with Crippen LogP contribution in [0.25, 0.3) is 0 Å². The molecule has 5 nitrogen and oxygen atoms in total. The molecule has 0 aliphatic carbocycles. The molecule has 0 unspecified atom stereocenters. The van der Waals surface area contributed by atoms with E-state index in [2.05, 4.69) is 24.1 Å². The highest BCUT2D eigenvalue weighted by Gasteiger charge is 2.12. The molecule has 0 radical (unpaired) electrons. The average Bonchev–Trinajstić information content (AvgIpc) is 2.43. The van der Waals surface area contributed by atoms with Crippen LogP contribution in [0.15, 0.2) is 18.2 Å². The second kappa shape index (κ2) is 7.63. The van der Waals surface area contributed by atoms with Crippen molar-refractivity contribution < 1.29 is 9.53 Å². The third-order valence-corrected chi connectivity index (χ3v) is 3.08. The molecule has 3 N–H and O–H groups in total. The number of likely N-dealkylation sites (N-methyl/N-ethyl adjacent to an activating group) is 1. The van der Waals surface area contributed by atoms with Crippen molar-refractivity contribution in [2.24, 2.45) is 0 Å². The van der Waals surface area contributed by atoms with E-state index in [4.69, 9.17) is 10.5 Å². The number of hydrogen-bond acceptors (Lipinski definition) is 4. The summed E-state index contributed by atoms with van der Waals surface area (Å²) in [6.07, 6.45) is 0. The van der Waals surface area contributed by atoms with E-state index in [0.29, 0.717) is 23.5 Å². The fourth-order valence-corrected chi connectivity index (χ4v) is 1.87. The quantitative estimate of drug-likeness (QED) is 0.730. The van der Waals surface area contributed by atoms with Crippen LogP contribution in [0, 0.1) is 0 Å². The number of methoxy groups -OCH3 is 1. The van der Waals surface area contributed by atoms with Crippen LogP contribution in [-0.4, -0.2) is 44.1 Å². The third kappa shape index (κ3) is 4.44. The van der Waals surface area contributed by atoms with Crippen LogP contribution in [0.3, 0.4) is 0 Å². The largest absolute Gasteiger partial charge is 0.496 e. The van der Waals surface area contributed by atoms with Gasteiger partial charge >= 0.3 is 0 Å². The van der Waals surface area contributed by atoms with Crippen LogP contribution in [0.2, 0.25) is 0 Å². The Labute approximate surface area is 114 Å². The maximum Gasteiger partial charge on any atom is 0.255 e. The minimum Gasteiger partial charge on any atom is -0.496 e. The Kier molecular flexibility index (Phi) is 6.15. The Morgan fingerprint density at radius 3 is 2.63 bits per heavy atom. The summed E-state index contributed by atoms with van der Waals surface area (Å²) in [6.45, 7) is 7.61. The second-order valence-electron chi connectivity index (χ2n) is 4.24. The SMILES string of the molecule is CCN(CC)CCNC(=O)c1cc(N)ccc1OC. The van der Waals surface area contributed by atoms with Gasteiger partial charge < -0.3 is 20.7 Å². The summed E-state index contributed by atoms with van der Waals surface area (Å²) in [5.41, 5.74) is 6.72. The van der Waals surface area contributed by atoms with Gasteiger partial charge in [-0.1, -0.05) is 13.8 Å². The van der Waals surface area contributed by atoms with Gasteiger partial charge in [0.05, 0.1) is 12.7 Å². The predicted octanol–water partition coefficient (Wildman–Crippen LogP) is 1.35. The number of anilines is 1. The summed E-state index contributed by atoms with van der Waals surface area (Å²) >= 11 is 0. The first-order valence-electron chi connectivity index (χ1n) is 6.56. The summed E-state index contributed by atoms with van der Waals surface area (Å²) in [6, 6.07) is 5.05. The molecular weight excluding hydrogens is 242 g/mol. The monoisotopic (exact) mass is 265 g/mol. The molecule has 1 rings (SSSR count). The molecule has 5 heteroatoms. The lowest BCUT2D eigenvalue weighted by Crippen LogP contribution is -2.34. The molecule has 19 heavy (non-hydrogen) atoms. The van der Waals surface area contributed by atoms with Gasteiger partial charge in [0.25, 0.3) is 5.91 Å². The maximum atomic E-state index is 12.1. The predicted molar refractivity (Wildman–Crippen MR) is 77.5 cm³/mol. The topological polar surface area (TPSA) is 67.6 Å². The smallest absolute Gasteiger partial charge is 0.255 e. The molecular formula is C14H23N3O2. The lowest BCUT2D eigenvalue weighted by Gasteiger charge is -2.18. The van der Waals surface area contributed by atoms with Gasteiger partial charge in [0.1, 0.15) is 5.75 Å². The zero-order valence-corrected chi connectivity index (χ0v) is 11.9. The van der Waals surface area contributed by atoms with E-state index < -0.39 is 0 Å². The van der Waals surface area contributed by atoms with Crippen molar-refractivity contribution >= 4 is 11.6 Å². The van der Waals surface area contributed by atoms with E-state index in [0.717, 1.165) is 19.6 Å². The summed E-state index contributed by atoms with van der Waals surface area (Å²) in [4.78, 5) is 14.3. The van der Waals surface area contributed by atoms with Gasteiger partial charge in [0.2, 0.25) is 0 Å². The van der Waals surface area contributed by atoms with Gasteiger partial charge in [-0.15, -0.1) is 0 Å². The van der Waals surface area contributed by atoms with Crippen molar-refractivity contribution in [1.29, 1.82) is 0 Å². The number of nitrogens with two attached hydrogens (primary N) is 1. The molecule has 0 saturated heterocycles. The van der Waals surface area contributed by atoms with Gasteiger partial charge in [-0.2, -0.15) is 0 Å². The molecule has 0 heterocycles. The zero-order chi connectivity index (χ0) is 14.3. The van der Waals surface area contributed by atoms with E-state index in [1.54, 1.807) is 18.2 Å². The molecule has 1 aromatic carbocycles. The van der Waals surface area contributed by atoms with Crippen molar-refractivity contribution in [2.75, 3.05) is 39.0 Å². The molecule has 0 aliphatic rings. The van der Waals surface area contributed by atoms with E-state index in [9.17, 15) is 4.79 Å². The van der Waals surface area contributed by atoms with E-state index in [-0.39, 0.29) is 5.91 Å². The highest BCUT2D eigenvalue weighted by atomic mass is 16.5. The Bertz CT molecular complexity index is 417. The first-order chi connectivity index (χ1) is 9.12. The summed E-state index contributed by atoms with van der Waals surface area (Å²) < 4.78 is 5.16. The van der Waals surface area contributed by atoms with Crippen LogP contribution >= 0.6 is 0 Å². The number of carbonyl (C=O) groups is 1. The van der Waals surface area contributed by atoms with Crippen molar-refractivity contribution in [2.45, 2.75) is 13.8 Å². The van der Waals surface area contributed by atoms with Crippen molar-refractivity contribution in [3.8, 4) is 5.75 Å². The second-order valence-corrected chi connectivity index (χ2v) is 4.24. The Morgan fingerprint density at radius 1 is 1.37 bits per heavy atom. The van der Waals surface area contributed by atoms with E-state index in [1.807, 2.05) is 0 Å². The number of carbonyl (C=O) groups excluding carboxylic acids is 1. The van der Waals surface area contributed by atoms with E-state index >= 15 is 0 Å². The molecule has 1 aromatic rings. The number of nitrogen functional groups attached to an aromatic ring is 1. The molecule has 1 amide bonds. The number of benzene rings is 1. The van der Waals surface area contributed by atoms with Gasteiger partial charge in [0.15, 0.2) is 0 Å². The van der Waals surface area contributed by atoms with Crippen molar-refractivity contribution in [3.05, 3.63) is 23.8 Å². The molecule has 0 saturated carbocycles. The standard InChI is InChI=1S/C14H23N3O2/c1-4-17(5-2)9-8-16-14(18)12-10-11(15)6-7-13(12)19-3/h6-7,10H,4-5,8-9,15H2,1-3H3,(H,16,18). The van der Waals surface area contributed by atoms with Crippen LogP contribution in [-0.2, 0) is 0 Å². The lowest BCUT2D eigenvalue weighted by molar-refractivity contribution is 0.0946. The van der Waals surface area contributed by atoms with Crippen LogP contribution in [0.1, 0.15) is 24.2 Å².